The van der Waals surface area contributed by atoms with Gasteiger partial charge < -0.3 is 20.5 Å². The summed E-state index contributed by atoms with van der Waals surface area (Å²) in [6.45, 7) is 2.07. The molecule has 0 unspecified atom stereocenters. The molecule has 1 heterocycles. The number of hydrogen-bond acceptors (Lipinski definition) is 4. The van der Waals surface area contributed by atoms with Crippen LogP contribution >= 0.6 is 0 Å². The number of benzene rings is 2. The number of carbonyl (C=O) groups is 2. The molecule has 1 aliphatic heterocycles. The minimum atomic E-state index is -0.562. The monoisotopic (exact) mass is 338 g/mol. The van der Waals surface area contributed by atoms with Crippen LogP contribution in [0.15, 0.2) is 42.5 Å². The molecule has 1 aliphatic rings. The van der Waals surface area contributed by atoms with Crippen LogP contribution in [0.5, 0.6) is 11.5 Å². The van der Waals surface area contributed by atoms with E-state index in [2.05, 4.69) is 5.32 Å². The number of hydrogen-bond donors (Lipinski definition) is 2. The van der Waals surface area contributed by atoms with Crippen molar-refractivity contribution in [2.75, 3.05) is 18.5 Å². The molecule has 3 rings (SSSR count). The van der Waals surface area contributed by atoms with Crippen molar-refractivity contribution < 1.29 is 19.1 Å². The average Bonchev–Trinajstić information content (AvgIpc) is 2.90. The molecule has 0 radical (unpaired) electrons. The van der Waals surface area contributed by atoms with Gasteiger partial charge in [0.2, 0.25) is 0 Å². The van der Waals surface area contributed by atoms with Gasteiger partial charge in [0.1, 0.15) is 0 Å². The number of para-hydroxylation sites is 1. The molecule has 2 aromatic rings. The number of rotatable bonds is 6. The van der Waals surface area contributed by atoms with Crippen molar-refractivity contribution in [3.8, 4) is 11.5 Å². The predicted octanol–water partition coefficient (Wildman–Crippen LogP) is 2.44. The lowest BCUT2D eigenvalue weighted by atomic mass is 10.0. The standard InChI is InChI=1S/C19H18N2O4/c1-2-24-17-10-12(7-8-16(17)25-11-18(20)22)9-14-13-5-3-4-6-15(13)21-19(14)23/h3-10H,2,11H2,1H3,(H2,20,22)(H,21,23)/b14-9+. The Balaban J connectivity index is 1.94. The molecule has 0 bridgehead atoms. The minimum Gasteiger partial charge on any atom is -0.490 e. The van der Waals surface area contributed by atoms with Gasteiger partial charge in [0.05, 0.1) is 6.61 Å². The van der Waals surface area contributed by atoms with E-state index >= 15 is 0 Å². The Morgan fingerprint density at radius 2 is 1.96 bits per heavy atom. The van der Waals surface area contributed by atoms with Gasteiger partial charge in [-0.25, -0.2) is 0 Å². The van der Waals surface area contributed by atoms with Crippen LogP contribution in [-0.2, 0) is 9.59 Å². The number of fused-ring (bicyclic) bond motifs is 1. The molecule has 128 valence electrons. The summed E-state index contributed by atoms with van der Waals surface area (Å²) in [7, 11) is 0. The quantitative estimate of drug-likeness (QED) is 0.792. The molecular formula is C19H18N2O4. The largest absolute Gasteiger partial charge is 0.490 e. The third-order valence-electron chi connectivity index (χ3n) is 3.66. The first-order valence-electron chi connectivity index (χ1n) is 7.89. The Morgan fingerprint density at radius 3 is 2.72 bits per heavy atom. The van der Waals surface area contributed by atoms with Crippen LogP contribution in [-0.4, -0.2) is 25.0 Å². The molecule has 0 fully saturated rings. The maximum atomic E-state index is 12.2. The van der Waals surface area contributed by atoms with E-state index < -0.39 is 5.91 Å². The smallest absolute Gasteiger partial charge is 0.256 e. The van der Waals surface area contributed by atoms with Gasteiger partial charge in [0, 0.05) is 16.8 Å². The summed E-state index contributed by atoms with van der Waals surface area (Å²) in [5.41, 5.74) is 8.14. The lowest BCUT2D eigenvalue weighted by molar-refractivity contribution is -0.120. The number of carbonyl (C=O) groups excluding carboxylic acids is 2. The predicted molar refractivity (Wildman–Crippen MR) is 95.2 cm³/mol. The van der Waals surface area contributed by atoms with Crippen molar-refractivity contribution >= 4 is 29.2 Å². The number of amides is 2. The van der Waals surface area contributed by atoms with Gasteiger partial charge in [-0.1, -0.05) is 24.3 Å². The third kappa shape index (κ3) is 3.63. The fourth-order valence-corrected chi connectivity index (χ4v) is 2.60. The second kappa shape index (κ2) is 7.09. The van der Waals surface area contributed by atoms with Crippen LogP contribution in [0.1, 0.15) is 18.1 Å². The number of primary amides is 1. The lowest BCUT2D eigenvalue weighted by Gasteiger charge is -2.11. The Hall–Kier alpha value is -3.28. The van der Waals surface area contributed by atoms with E-state index in [1.807, 2.05) is 31.2 Å². The number of nitrogens with one attached hydrogen (secondary N) is 1. The van der Waals surface area contributed by atoms with Crippen LogP contribution in [0.25, 0.3) is 11.6 Å². The van der Waals surface area contributed by atoms with Crippen molar-refractivity contribution in [3.63, 3.8) is 0 Å². The molecule has 6 nitrogen and oxygen atoms in total. The zero-order chi connectivity index (χ0) is 17.8. The van der Waals surface area contributed by atoms with Gasteiger partial charge in [0.15, 0.2) is 18.1 Å². The molecular weight excluding hydrogens is 320 g/mol. The molecule has 0 saturated carbocycles. The summed E-state index contributed by atoms with van der Waals surface area (Å²) >= 11 is 0. The van der Waals surface area contributed by atoms with Crippen LogP contribution in [0, 0.1) is 0 Å². The summed E-state index contributed by atoms with van der Waals surface area (Å²) in [5.74, 6) is 0.213. The summed E-state index contributed by atoms with van der Waals surface area (Å²) < 4.78 is 10.9. The zero-order valence-electron chi connectivity index (χ0n) is 13.7. The van der Waals surface area contributed by atoms with Crippen molar-refractivity contribution in [2.24, 2.45) is 5.73 Å². The van der Waals surface area contributed by atoms with Crippen molar-refractivity contribution in [3.05, 3.63) is 53.6 Å². The van der Waals surface area contributed by atoms with Gasteiger partial charge in [-0.3, -0.25) is 9.59 Å². The maximum absolute atomic E-state index is 12.2. The Morgan fingerprint density at radius 1 is 1.16 bits per heavy atom. The Labute approximate surface area is 145 Å². The topological polar surface area (TPSA) is 90.7 Å². The molecule has 0 aliphatic carbocycles. The van der Waals surface area contributed by atoms with E-state index in [9.17, 15) is 9.59 Å². The number of nitrogens with two attached hydrogens (primary N) is 1. The maximum Gasteiger partial charge on any atom is 0.256 e. The second-order valence-corrected chi connectivity index (χ2v) is 5.45. The summed E-state index contributed by atoms with van der Waals surface area (Å²) in [6, 6.07) is 12.8. The average molecular weight is 338 g/mol. The molecule has 0 saturated heterocycles. The SMILES string of the molecule is CCOc1cc(/C=C2/C(=O)Nc3ccccc32)ccc1OCC(N)=O. The van der Waals surface area contributed by atoms with Crippen LogP contribution < -0.4 is 20.5 Å². The van der Waals surface area contributed by atoms with Gasteiger partial charge in [-0.05, 0) is 36.8 Å². The van der Waals surface area contributed by atoms with Crippen LogP contribution in [0.4, 0.5) is 5.69 Å². The van der Waals surface area contributed by atoms with E-state index in [1.165, 1.54) is 0 Å². The molecule has 25 heavy (non-hydrogen) atoms. The lowest BCUT2D eigenvalue weighted by Crippen LogP contribution is -2.20. The molecule has 2 amide bonds. The van der Waals surface area contributed by atoms with Crippen molar-refractivity contribution in [1.29, 1.82) is 0 Å². The van der Waals surface area contributed by atoms with E-state index in [0.717, 1.165) is 16.8 Å². The van der Waals surface area contributed by atoms with Gasteiger partial charge >= 0.3 is 0 Å². The molecule has 6 heteroatoms. The normalized spacial score (nSPS) is 14.1. The zero-order valence-corrected chi connectivity index (χ0v) is 13.7. The second-order valence-electron chi connectivity index (χ2n) is 5.45. The first-order chi connectivity index (χ1) is 12.1. The molecule has 3 N–H and O–H groups in total. The Kier molecular flexibility index (Phi) is 4.70. The van der Waals surface area contributed by atoms with E-state index in [4.69, 9.17) is 15.2 Å². The fraction of sp³-hybridized carbons (Fsp3) is 0.158. The van der Waals surface area contributed by atoms with E-state index in [1.54, 1.807) is 24.3 Å². The molecule has 0 spiro atoms. The molecule has 0 aromatic heterocycles. The highest BCUT2D eigenvalue weighted by molar-refractivity contribution is 6.34. The van der Waals surface area contributed by atoms with E-state index in [-0.39, 0.29) is 12.5 Å². The van der Waals surface area contributed by atoms with E-state index in [0.29, 0.717) is 23.7 Å². The minimum absolute atomic E-state index is 0.145. The van der Waals surface area contributed by atoms with Crippen molar-refractivity contribution in [1.82, 2.24) is 0 Å². The first-order valence-corrected chi connectivity index (χ1v) is 7.89. The fourth-order valence-electron chi connectivity index (χ4n) is 2.60. The van der Waals surface area contributed by atoms with Crippen LogP contribution in [0.2, 0.25) is 0 Å². The van der Waals surface area contributed by atoms with Crippen molar-refractivity contribution in [2.45, 2.75) is 6.92 Å². The number of anilines is 1. The highest BCUT2D eigenvalue weighted by atomic mass is 16.5. The Bertz CT molecular complexity index is 858. The highest BCUT2D eigenvalue weighted by Gasteiger charge is 2.23. The first kappa shape index (κ1) is 16.6. The van der Waals surface area contributed by atoms with Crippen LogP contribution in [0.3, 0.4) is 0 Å². The molecule has 2 aromatic carbocycles. The summed E-state index contributed by atoms with van der Waals surface area (Å²) in [6.07, 6.45) is 1.79. The highest BCUT2D eigenvalue weighted by Crippen LogP contribution is 2.34. The third-order valence-corrected chi connectivity index (χ3v) is 3.66. The summed E-state index contributed by atoms with van der Waals surface area (Å²) in [5, 5.41) is 2.84. The number of ether oxygens (including phenoxy) is 2. The summed E-state index contributed by atoms with van der Waals surface area (Å²) in [4.78, 5) is 23.1. The van der Waals surface area contributed by atoms with Gasteiger partial charge in [0.25, 0.3) is 11.8 Å². The molecule has 0 atom stereocenters. The van der Waals surface area contributed by atoms with Gasteiger partial charge in [-0.15, -0.1) is 0 Å². The van der Waals surface area contributed by atoms with Gasteiger partial charge in [-0.2, -0.15) is 0 Å².